The number of Topliss-reactive ketones (excluding diaryl/α,β-unsaturated/α-hetero) is 1. The van der Waals surface area contributed by atoms with E-state index in [1.54, 1.807) is 19.1 Å². The van der Waals surface area contributed by atoms with Crippen LogP contribution in [-0.2, 0) is 14.3 Å². The summed E-state index contributed by atoms with van der Waals surface area (Å²) in [5, 5.41) is 11.2. The summed E-state index contributed by atoms with van der Waals surface area (Å²) < 4.78 is 4.90. The number of ketones is 1. The van der Waals surface area contributed by atoms with Crippen LogP contribution in [0.2, 0.25) is 0 Å². The second-order valence-corrected chi connectivity index (χ2v) is 6.31. The molecule has 24 heavy (non-hydrogen) atoms. The van der Waals surface area contributed by atoms with Gasteiger partial charge < -0.3 is 10.1 Å². The van der Waals surface area contributed by atoms with E-state index in [1.807, 2.05) is 19.1 Å². The first-order valence-corrected chi connectivity index (χ1v) is 8.11. The van der Waals surface area contributed by atoms with Gasteiger partial charge in [-0.25, -0.2) is 0 Å². The Hall–Kier alpha value is -2.61. The summed E-state index contributed by atoms with van der Waals surface area (Å²) in [6.07, 6.45) is -0.152. The highest BCUT2D eigenvalue weighted by molar-refractivity contribution is 7.15. The number of aryl methyl sites for hydroxylation is 2. The van der Waals surface area contributed by atoms with Gasteiger partial charge in [0.1, 0.15) is 5.01 Å². The predicted octanol–water partition coefficient (Wildman–Crippen LogP) is 2.30. The van der Waals surface area contributed by atoms with Crippen molar-refractivity contribution in [3.8, 4) is 0 Å². The summed E-state index contributed by atoms with van der Waals surface area (Å²) in [6, 6.07) is 7.00. The molecule has 2 rings (SSSR count). The van der Waals surface area contributed by atoms with E-state index in [4.69, 9.17) is 4.74 Å². The number of ether oxygens (including phenoxy) is 1. The third-order valence-corrected chi connectivity index (χ3v) is 3.82. The molecule has 0 saturated carbocycles. The molecule has 8 heteroatoms. The van der Waals surface area contributed by atoms with Crippen molar-refractivity contribution in [3.63, 3.8) is 0 Å². The molecule has 0 spiro atoms. The van der Waals surface area contributed by atoms with Gasteiger partial charge in [-0.1, -0.05) is 41.2 Å². The van der Waals surface area contributed by atoms with Gasteiger partial charge in [-0.2, -0.15) is 0 Å². The minimum atomic E-state index is -0.598. The van der Waals surface area contributed by atoms with Gasteiger partial charge >= 0.3 is 5.97 Å². The number of aromatic nitrogens is 2. The smallest absolute Gasteiger partial charge is 0.306 e. The lowest BCUT2D eigenvalue weighted by Gasteiger charge is -2.05. The maximum Gasteiger partial charge on any atom is 0.306 e. The molecule has 0 unspecified atom stereocenters. The summed E-state index contributed by atoms with van der Waals surface area (Å²) in [6.45, 7) is 3.36. The minimum Gasteiger partial charge on any atom is -0.457 e. The second-order valence-electron chi connectivity index (χ2n) is 5.12. The molecule has 0 saturated heterocycles. The van der Waals surface area contributed by atoms with Gasteiger partial charge in [0.2, 0.25) is 11.0 Å². The Labute approximate surface area is 143 Å². The fraction of sp³-hybridized carbons (Fsp3) is 0.312. The van der Waals surface area contributed by atoms with Gasteiger partial charge in [-0.3, -0.25) is 14.4 Å². The molecular weight excluding hydrogens is 330 g/mol. The quantitative estimate of drug-likeness (QED) is 0.609. The first kappa shape index (κ1) is 17.7. The van der Waals surface area contributed by atoms with E-state index >= 15 is 0 Å². The van der Waals surface area contributed by atoms with Gasteiger partial charge in [0.25, 0.3) is 0 Å². The zero-order valence-electron chi connectivity index (χ0n) is 13.4. The molecule has 0 aliphatic heterocycles. The van der Waals surface area contributed by atoms with Crippen LogP contribution in [0.4, 0.5) is 5.13 Å². The standard InChI is InChI=1S/C16H17N3O4S/c1-10-3-5-12(6-4-10)13(20)9-23-15(22)8-7-14(21)17-16-19-18-11(2)24-16/h3-6H,7-9H2,1-2H3,(H,17,19,21). The van der Waals surface area contributed by atoms with Crippen LogP contribution in [-0.4, -0.2) is 34.5 Å². The summed E-state index contributed by atoms with van der Waals surface area (Å²) in [5.74, 6) is -1.23. The molecule has 0 bridgehead atoms. The molecule has 0 radical (unpaired) electrons. The number of esters is 1. The molecule has 1 heterocycles. The van der Waals surface area contributed by atoms with Crippen molar-refractivity contribution in [1.29, 1.82) is 0 Å². The number of anilines is 1. The number of carbonyl (C=O) groups is 3. The van der Waals surface area contributed by atoms with Crippen molar-refractivity contribution in [3.05, 3.63) is 40.4 Å². The lowest BCUT2D eigenvalue weighted by molar-refractivity contribution is -0.143. The molecule has 1 amide bonds. The molecule has 1 aromatic carbocycles. The van der Waals surface area contributed by atoms with E-state index in [0.717, 1.165) is 10.6 Å². The van der Waals surface area contributed by atoms with Crippen molar-refractivity contribution in [2.75, 3.05) is 11.9 Å². The van der Waals surface area contributed by atoms with E-state index in [1.165, 1.54) is 11.3 Å². The van der Waals surface area contributed by atoms with Crippen LogP contribution in [0.1, 0.15) is 33.8 Å². The number of hydrogen-bond acceptors (Lipinski definition) is 7. The van der Waals surface area contributed by atoms with Crippen LogP contribution in [0.3, 0.4) is 0 Å². The molecule has 2 aromatic rings. The normalized spacial score (nSPS) is 10.2. The number of rotatable bonds is 7. The second kappa shape index (κ2) is 8.30. The van der Waals surface area contributed by atoms with Crippen molar-refractivity contribution in [1.82, 2.24) is 10.2 Å². The molecular formula is C16H17N3O4S. The van der Waals surface area contributed by atoms with Gasteiger partial charge in [0.15, 0.2) is 12.4 Å². The van der Waals surface area contributed by atoms with Gasteiger partial charge in [-0.05, 0) is 13.8 Å². The predicted molar refractivity (Wildman–Crippen MR) is 89.0 cm³/mol. The van der Waals surface area contributed by atoms with Gasteiger partial charge in [-0.15, -0.1) is 10.2 Å². The minimum absolute atomic E-state index is 0.0455. The van der Waals surface area contributed by atoms with Crippen LogP contribution in [0.25, 0.3) is 0 Å². The first-order valence-electron chi connectivity index (χ1n) is 7.29. The van der Waals surface area contributed by atoms with Crippen molar-refractivity contribution >= 4 is 34.1 Å². The summed E-state index contributed by atoms with van der Waals surface area (Å²) in [7, 11) is 0. The SMILES string of the molecule is Cc1ccc(C(=O)COC(=O)CCC(=O)Nc2nnc(C)s2)cc1. The Morgan fingerprint density at radius 3 is 2.42 bits per heavy atom. The number of amides is 1. The Bertz CT molecular complexity index is 740. The molecule has 0 fully saturated rings. The maximum absolute atomic E-state index is 11.9. The highest BCUT2D eigenvalue weighted by atomic mass is 32.1. The Morgan fingerprint density at radius 2 is 1.79 bits per heavy atom. The monoisotopic (exact) mass is 347 g/mol. The van der Waals surface area contributed by atoms with Crippen LogP contribution < -0.4 is 5.32 Å². The Balaban J connectivity index is 1.70. The largest absolute Gasteiger partial charge is 0.457 e. The number of nitrogens with one attached hydrogen (secondary N) is 1. The molecule has 126 valence electrons. The third kappa shape index (κ3) is 5.54. The van der Waals surface area contributed by atoms with Gasteiger partial charge in [0, 0.05) is 12.0 Å². The van der Waals surface area contributed by atoms with E-state index < -0.39 is 5.97 Å². The number of nitrogens with zero attached hydrogens (tertiary/aromatic N) is 2. The molecule has 0 aliphatic rings. The molecule has 1 aromatic heterocycles. The average Bonchev–Trinajstić information content (AvgIpc) is 2.96. The van der Waals surface area contributed by atoms with Crippen LogP contribution in [0.15, 0.2) is 24.3 Å². The average molecular weight is 347 g/mol. The highest BCUT2D eigenvalue weighted by Gasteiger charge is 2.13. The topological polar surface area (TPSA) is 98.2 Å². The molecule has 1 N–H and O–H groups in total. The number of carbonyl (C=O) groups excluding carboxylic acids is 3. The fourth-order valence-electron chi connectivity index (χ4n) is 1.79. The summed E-state index contributed by atoms with van der Waals surface area (Å²) >= 11 is 1.25. The lowest BCUT2D eigenvalue weighted by Crippen LogP contribution is -2.17. The van der Waals surface area contributed by atoms with E-state index in [9.17, 15) is 14.4 Å². The first-order chi connectivity index (χ1) is 11.4. The van der Waals surface area contributed by atoms with E-state index in [0.29, 0.717) is 10.7 Å². The Kier molecular flexibility index (Phi) is 6.14. The van der Waals surface area contributed by atoms with Crippen LogP contribution in [0.5, 0.6) is 0 Å². The van der Waals surface area contributed by atoms with Crippen LogP contribution in [0, 0.1) is 13.8 Å². The van der Waals surface area contributed by atoms with Crippen molar-refractivity contribution < 1.29 is 19.1 Å². The fourth-order valence-corrected chi connectivity index (χ4v) is 2.39. The summed E-state index contributed by atoms with van der Waals surface area (Å²) in [5.41, 5.74) is 1.53. The molecule has 7 nitrogen and oxygen atoms in total. The molecule has 0 aliphatic carbocycles. The lowest BCUT2D eigenvalue weighted by atomic mass is 10.1. The highest BCUT2D eigenvalue weighted by Crippen LogP contribution is 2.14. The summed E-state index contributed by atoms with van der Waals surface area (Å²) in [4.78, 5) is 35.2. The number of hydrogen-bond donors (Lipinski definition) is 1. The van der Waals surface area contributed by atoms with Crippen LogP contribution >= 0.6 is 11.3 Å². The third-order valence-electron chi connectivity index (χ3n) is 3.07. The van der Waals surface area contributed by atoms with Crippen molar-refractivity contribution in [2.45, 2.75) is 26.7 Å². The molecule has 0 atom stereocenters. The maximum atomic E-state index is 11.9. The van der Waals surface area contributed by atoms with E-state index in [2.05, 4.69) is 15.5 Å². The Morgan fingerprint density at radius 1 is 1.08 bits per heavy atom. The number of benzene rings is 1. The zero-order chi connectivity index (χ0) is 17.5. The van der Waals surface area contributed by atoms with E-state index in [-0.39, 0.29) is 31.1 Å². The van der Waals surface area contributed by atoms with Crippen molar-refractivity contribution in [2.24, 2.45) is 0 Å². The van der Waals surface area contributed by atoms with Gasteiger partial charge in [0.05, 0.1) is 6.42 Å². The zero-order valence-corrected chi connectivity index (χ0v) is 14.2.